The number of hydrogen-bond donors (Lipinski definition) is 2. The lowest BCUT2D eigenvalue weighted by Gasteiger charge is -2.18. The summed E-state index contributed by atoms with van der Waals surface area (Å²) in [5, 5.41) is 3.59. The quantitative estimate of drug-likeness (QED) is 0.785. The van der Waals surface area contributed by atoms with Crippen molar-refractivity contribution in [2.24, 2.45) is 5.73 Å². The van der Waals surface area contributed by atoms with E-state index in [9.17, 15) is 0 Å². The molecule has 0 amide bonds. The third-order valence-electron chi connectivity index (χ3n) is 3.21. The minimum Gasteiger partial charge on any atom is -0.493 e. The molecule has 0 spiro atoms. The third kappa shape index (κ3) is 3.20. The van der Waals surface area contributed by atoms with Gasteiger partial charge in [0.15, 0.2) is 0 Å². The molecule has 0 aromatic heterocycles. The average Bonchev–Trinajstić information content (AvgIpc) is 2.52. The number of rotatable bonds is 4. The van der Waals surface area contributed by atoms with Gasteiger partial charge in [-0.2, -0.15) is 0 Å². The van der Waals surface area contributed by atoms with Crippen LogP contribution in [0.4, 0.5) is 0 Å². The molecule has 1 aliphatic heterocycles. The van der Waals surface area contributed by atoms with Crippen LogP contribution in [-0.2, 0) is 0 Å². The summed E-state index contributed by atoms with van der Waals surface area (Å²) in [6.07, 6.45) is 3.27. The predicted octanol–water partition coefficient (Wildman–Crippen LogP) is 2.15. The number of aryl methyl sites for hydroxylation is 1. The lowest BCUT2D eigenvalue weighted by atomic mass is 10.00. The van der Waals surface area contributed by atoms with Crippen molar-refractivity contribution in [3.8, 4) is 5.75 Å². The first kappa shape index (κ1) is 12.4. The number of benzene rings is 1. The first-order valence-electron chi connectivity index (χ1n) is 6.48. The predicted molar refractivity (Wildman–Crippen MR) is 70.3 cm³/mol. The summed E-state index contributed by atoms with van der Waals surface area (Å²) >= 11 is 0. The summed E-state index contributed by atoms with van der Waals surface area (Å²) < 4.78 is 5.78. The molecule has 17 heavy (non-hydrogen) atoms. The molecule has 0 aliphatic carbocycles. The fourth-order valence-corrected chi connectivity index (χ4v) is 2.29. The van der Waals surface area contributed by atoms with E-state index in [0.29, 0.717) is 6.04 Å². The lowest BCUT2D eigenvalue weighted by molar-refractivity contribution is 0.315. The van der Waals surface area contributed by atoms with Crippen molar-refractivity contribution in [1.29, 1.82) is 0 Å². The average molecular weight is 234 g/mol. The Bertz CT molecular complexity index is 365. The molecule has 94 valence electrons. The van der Waals surface area contributed by atoms with Gasteiger partial charge in [-0.25, -0.2) is 0 Å². The van der Waals surface area contributed by atoms with Gasteiger partial charge in [0, 0.05) is 11.6 Å². The number of fused-ring (bicyclic) bond motifs is 1. The zero-order chi connectivity index (χ0) is 12.1. The van der Waals surface area contributed by atoms with Crippen LogP contribution in [0.15, 0.2) is 18.2 Å². The Balaban J connectivity index is 2.13. The van der Waals surface area contributed by atoms with Crippen molar-refractivity contribution in [2.45, 2.75) is 32.2 Å². The van der Waals surface area contributed by atoms with E-state index in [2.05, 4.69) is 30.4 Å². The number of ether oxygens (including phenoxy) is 1. The molecule has 0 bridgehead atoms. The van der Waals surface area contributed by atoms with Gasteiger partial charge < -0.3 is 15.8 Å². The van der Waals surface area contributed by atoms with Crippen LogP contribution >= 0.6 is 0 Å². The molecule has 0 saturated heterocycles. The highest BCUT2D eigenvalue weighted by Gasteiger charge is 2.18. The van der Waals surface area contributed by atoms with Crippen molar-refractivity contribution in [3.05, 3.63) is 29.3 Å². The van der Waals surface area contributed by atoms with E-state index in [4.69, 9.17) is 10.5 Å². The molecule has 1 heterocycles. The van der Waals surface area contributed by atoms with Gasteiger partial charge in [0.05, 0.1) is 6.61 Å². The van der Waals surface area contributed by atoms with Gasteiger partial charge in [-0.3, -0.25) is 0 Å². The smallest absolute Gasteiger partial charge is 0.124 e. The molecule has 2 rings (SSSR count). The maximum atomic E-state index is 5.78. The van der Waals surface area contributed by atoms with Crippen LogP contribution < -0.4 is 15.8 Å². The molecule has 1 aromatic carbocycles. The summed E-state index contributed by atoms with van der Waals surface area (Å²) in [4.78, 5) is 0. The normalized spacial score (nSPS) is 19.3. The Hall–Kier alpha value is -1.06. The number of hydrogen-bond acceptors (Lipinski definition) is 3. The molecule has 1 unspecified atom stereocenters. The summed E-state index contributed by atoms with van der Waals surface area (Å²) in [5.41, 5.74) is 8.13. The molecule has 0 radical (unpaired) electrons. The maximum Gasteiger partial charge on any atom is 0.124 e. The highest BCUT2D eigenvalue weighted by molar-refractivity contribution is 5.39. The minimum atomic E-state index is 0.416. The SMILES string of the molecule is Cc1ccc2c(c1)C(NCCCN)CCCO2. The minimum absolute atomic E-state index is 0.416. The fourth-order valence-electron chi connectivity index (χ4n) is 2.29. The summed E-state index contributed by atoms with van der Waals surface area (Å²) in [6, 6.07) is 6.86. The summed E-state index contributed by atoms with van der Waals surface area (Å²) in [5.74, 6) is 1.04. The van der Waals surface area contributed by atoms with Crippen molar-refractivity contribution < 1.29 is 4.74 Å². The van der Waals surface area contributed by atoms with Crippen LogP contribution in [0.3, 0.4) is 0 Å². The van der Waals surface area contributed by atoms with E-state index >= 15 is 0 Å². The van der Waals surface area contributed by atoms with Crippen LogP contribution in [0.1, 0.15) is 36.4 Å². The summed E-state index contributed by atoms with van der Waals surface area (Å²) in [6.45, 7) is 4.68. The Labute approximate surface area is 103 Å². The van der Waals surface area contributed by atoms with Crippen LogP contribution in [0.5, 0.6) is 5.75 Å². The van der Waals surface area contributed by atoms with Crippen LogP contribution in [0, 0.1) is 6.92 Å². The van der Waals surface area contributed by atoms with E-state index < -0.39 is 0 Å². The van der Waals surface area contributed by atoms with Gasteiger partial charge in [-0.05, 0) is 45.3 Å². The number of nitrogens with one attached hydrogen (secondary N) is 1. The van der Waals surface area contributed by atoms with Gasteiger partial charge in [0.1, 0.15) is 5.75 Å². The van der Waals surface area contributed by atoms with E-state index in [1.165, 1.54) is 11.1 Å². The topological polar surface area (TPSA) is 47.3 Å². The first-order chi connectivity index (χ1) is 8.31. The largest absolute Gasteiger partial charge is 0.493 e. The van der Waals surface area contributed by atoms with E-state index in [1.807, 2.05) is 0 Å². The molecule has 3 N–H and O–H groups in total. The van der Waals surface area contributed by atoms with Crippen molar-refractivity contribution in [3.63, 3.8) is 0 Å². The zero-order valence-corrected chi connectivity index (χ0v) is 10.5. The lowest BCUT2D eigenvalue weighted by Crippen LogP contribution is -2.24. The van der Waals surface area contributed by atoms with Crippen molar-refractivity contribution in [1.82, 2.24) is 5.32 Å². The van der Waals surface area contributed by atoms with E-state index in [-0.39, 0.29) is 0 Å². The maximum absolute atomic E-state index is 5.78. The first-order valence-corrected chi connectivity index (χ1v) is 6.48. The highest BCUT2D eigenvalue weighted by Crippen LogP contribution is 2.32. The van der Waals surface area contributed by atoms with Gasteiger partial charge >= 0.3 is 0 Å². The van der Waals surface area contributed by atoms with Gasteiger partial charge in [0.2, 0.25) is 0 Å². The van der Waals surface area contributed by atoms with Crippen LogP contribution in [-0.4, -0.2) is 19.7 Å². The fraction of sp³-hybridized carbons (Fsp3) is 0.571. The molecule has 1 aromatic rings. The second kappa shape index (κ2) is 6.03. The molecule has 3 nitrogen and oxygen atoms in total. The second-order valence-corrected chi connectivity index (χ2v) is 4.68. The second-order valence-electron chi connectivity index (χ2n) is 4.68. The Kier molecular flexibility index (Phi) is 4.40. The van der Waals surface area contributed by atoms with Crippen molar-refractivity contribution >= 4 is 0 Å². The van der Waals surface area contributed by atoms with Crippen molar-refractivity contribution in [2.75, 3.05) is 19.7 Å². The van der Waals surface area contributed by atoms with E-state index in [1.54, 1.807) is 0 Å². The molecular weight excluding hydrogens is 212 g/mol. The highest BCUT2D eigenvalue weighted by atomic mass is 16.5. The Morgan fingerprint density at radius 1 is 1.47 bits per heavy atom. The van der Waals surface area contributed by atoms with Gasteiger partial charge in [-0.1, -0.05) is 17.7 Å². The molecule has 0 saturated carbocycles. The zero-order valence-electron chi connectivity index (χ0n) is 10.5. The van der Waals surface area contributed by atoms with Crippen LogP contribution in [0.25, 0.3) is 0 Å². The van der Waals surface area contributed by atoms with E-state index in [0.717, 1.165) is 44.7 Å². The standard InChI is InChI=1S/C14H22N2O/c1-11-5-6-14-12(10-11)13(4-2-9-17-14)16-8-3-7-15/h5-6,10,13,16H,2-4,7-9,15H2,1H3. The van der Waals surface area contributed by atoms with Crippen LogP contribution in [0.2, 0.25) is 0 Å². The molecule has 1 atom stereocenters. The molecule has 3 heteroatoms. The Morgan fingerprint density at radius 2 is 2.35 bits per heavy atom. The Morgan fingerprint density at radius 3 is 3.18 bits per heavy atom. The summed E-state index contributed by atoms with van der Waals surface area (Å²) in [7, 11) is 0. The molecular formula is C14H22N2O. The van der Waals surface area contributed by atoms with Gasteiger partial charge in [-0.15, -0.1) is 0 Å². The van der Waals surface area contributed by atoms with Gasteiger partial charge in [0.25, 0.3) is 0 Å². The molecule has 0 fully saturated rings. The monoisotopic (exact) mass is 234 g/mol. The third-order valence-corrected chi connectivity index (χ3v) is 3.21. The molecule has 1 aliphatic rings. The number of nitrogens with two attached hydrogens (primary N) is 1.